The fraction of sp³-hybridized carbons (Fsp3) is 0.500. The number of rotatable bonds is 7. The number of nitrogens with two attached hydrogens (primary N) is 1. The van der Waals surface area contributed by atoms with Crippen molar-refractivity contribution in [3.8, 4) is 5.75 Å². The number of amides is 1. The highest BCUT2D eigenvalue weighted by Crippen LogP contribution is 2.21. The van der Waals surface area contributed by atoms with Crippen LogP contribution >= 0.6 is 0 Å². The molecule has 20 heavy (non-hydrogen) atoms. The van der Waals surface area contributed by atoms with E-state index in [1.165, 1.54) is 12.1 Å². The molecule has 0 bridgehead atoms. The van der Waals surface area contributed by atoms with Gasteiger partial charge in [0.25, 0.3) is 0 Å². The molecule has 2 unspecified atom stereocenters. The number of hydrogen-bond acceptors (Lipinski definition) is 3. The normalized spacial score (nSPS) is 13.9. The summed E-state index contributed by atoms with van der Waals surface area (Å²) in [4.78, 5) is 11.9. The van der Waals surface area contributed by atoms with E-state index in [4.69, 9.17) is 5.73 Å². The van der Waals surface area contributed by atoms with Gasteiger partial charge in [-0.3, -0.25) is 4.79 Å². The summed E-state index contributed by atoms with van der Waals surface area (Å²) in [6.07, 6.45) is 0.656. The lowest BCUT2D eigenvalue weighted by Gasteiger charge is -2.19. The van der Waals surface area contributed by atoms with Gasteiger partial charge in [0.2, 0.25) is 5.91 Å². The van der Waals surface area contributed by atoms with Crippen LogP contribution in [0, 0.1) is 5.92 Å². The Morgan fingerprint density at radius 3 is 2.70 bits per heavy atom. The molecule has 0 radical (unpaired) electrons. The number of alkyl halides is 2. The Hall–Kier alpha value is -1.69. The molecule has 112 valence electrons. The molecule has 1 aromatic carbocycles. The molecule has 1 amide bonds. The van der Waals surface area contributed by atoms with Gasteiger partial charge in [-0.05, 0) is 31.0 Å². The number of hydrogen-bond donors (Lipinski definition) is 2. The monoisotopic (exact) mass is 286 g/mol. The number of benzene rings is 1. The SMILES string of the molecule is CCC(CN)C(=O)NC(C)c1cccc(OC(F)F)c1. The van der Waals surface area contributed by atoms with Crippen molar-refractivity contribution in [2.75, 3.05) is 6.54 Å². The highest BCUT2D eigenvalue weighted by Gasteiger charge is 2.17. The lowest BCUT2D eigenvalue weighted by atomic mass is 10.0. The summed E-state index contributed by atoms with van der Waals surface area (Å²) in [6.45, 7) is 1.09. The molecule has 6 heteroatoms. The topological polar surface area (TPSA) is 64.4 Å². The van der Waals surface area contributed by atoms with E-state index < -0.39 is 6.61 Å². The van der Waals surface area contributed by atoms with Gasteiger partial charge < -0.3 is 15.8 Å². The standard InChI is InChI=1S/C14H20F2N2O2/c1-3-10(8-17)13(19)18-9(2)11-5-4-6-12(7-11)20-14(15)16/h4-7,9-10,14H,3,8,17H2,1-2H3,(H,18,19). The second-order valence-electron chi connectivity index (χ2n) is 4.52. The van der Waals surface area contributed by atoms with E-state index in [1.807, 2.05) is 6.92 Å². The van der Waals surface area contributed by atoms with Gasteiger partial charge in [0, 0.05) is 12.5 Å². The summed E-state index contributed by atoms with van der Waals surface area (Å²) in [7, 11) is 0. The predicted octanol–water partition coefficient (Wildman–Crippen LogP) is 2.45. The number of carbonyl (C=O) groups is 1. The molecule has 0 aliphatic rings. The summed E-state index contributed by atoms with van der Waals surface area (Å²) in [5.74, 6) is -0.301. The highest BCUT2D eigenvalue weighted by molar-refractivity contribution is 5.79. The van der Waals surface area contributed by atoms with Crippen LogP contribution in [0.2, 0.25) is 0 Å². The first-order valence-corrected chi connectivity index (χ1v) is 6.53. The Bertz CT molecular complexity index is 437. The first-order valence-electron chi connectivity index (χ1n) is 6.53. The molecule has 1 aromatic rings. The van der Waals surface area contributed by atoms with Crippen molar-refractivity contribution in [1.29, 1.82) is 0 Å². The van der Waals surface area contributed by atoms with Crippen LogP contribution in [-0.2, 0) is 4.79 Å². The Balaban J connectivity index is 2.72. The second-order valence-corrected chi connectivity index (χ2v) is 4.52. The van der Waals surface area contributed by atoms with Crippen molar-refractivity contribution in [3.63, 3.8) is 0 Å². The number of ether oxygens (including phenoxy) is 1. The second kappa shape index (κ2) is 7.79. The van der Waals surface area contributed by atoms with Gasteiger partial charge in [0.15, 0.2) is 0 Å². The van der Waals surface area contributed by atoms with E-state index in [0.717, 1.165) is 0 Å². The van der Waals surface area contributed by atoms with E-state index in [1.54, 1.807) is 19.1 Å². The first-order chi connectivity index (χ1) is 9.47. The van der Waals surface area contributed by atoms with Crippen molar-refractivity contribution >= 4 is 5.91 Å². The maximum absolute atomic E-state index is 12.2. The molecule has 2 atom stereocenters. The van der Waals surface area contributed by atoms with Gasteiger partial charge in [-0.1, -0.05) is 19.1 Å². The van der Waals surface area contributed by atoms with Crippen molar-refractivity contribution in [2.45, 2.75) is 32.9 Å². The van der Waals surface area contributed by atoms with E-state index in [2.05, 4.69) is 10.1 Å². The van der Waals surface area contributed by atoms with E-state index in [9.17, 15) is 13.6 Å². The average molecular weight is 286 g/mol. The molecule has 1 rings (SSSR count). The van der Waals surface area contributed by atoms with Crippen LogP contribution in [0.1, 0.15) is 31.9 Å². The van der Waals surface area contributed by atoms with Crippen LogP contribution in [-0.4, -0.2) is 19.1 Å². The van der Waals surface area contributed by atoms with Gasteiger partial charge in [0.1, 0.15) is 5.75 Å². The largest absolute Gasteiger partial charge is 0.435 e. The summed E-state index contributed by atoms with van der Waals surface area (Å²) in [6, 6.07) is 5.98. The van der Waals surface area contributed by atoms with Crippen molar-refractivity contribution in [1.82, 2.24) is 5.32 Å². The predicted molar refractivity (Wildman–Crippen MR) is 72.5 cm³/mol. The van der Waals surface area contributed by atoms with Crippen molar-refractivity contribution in [2.24, 2.45) is 11.7 Å². The molecule has 4 nitrogen and oxygen atoms in total. The first kappa shape index (κ1) is 16.4. The Morgan fingerprint density at radius 1 is 1.45 bits per heavy atom. The van der Waals surface area contributed by atoms with Crippen LogP contribution in [0.5, 0.6) is 5.75 Å². The fourth-order valence-electron chi connectivity index (χ4n) is 1.83. The van der Waals surface area contributed by atoms with Crippen LogP contribution in [0.25, 0.3) is 0 Å². The Kier molecular flexibility index (Phi) is 6.38. The smallest absolute Gasteiger partial charge is 0.387 e. The molecular weight excluding hydrogens is 266 g/mol. The van der Waals surface area contributed by atoms with Crippen LogP contribution in [0.15, 0.2) is 24.3 Å². The van der Waals surface area contributed by atoms with Crippen LogP contribution in [0.4, 0.5) is 8.78 Å². The lowest BCUT2D eigenvalue weighted by molar-refractivity contribution is -0.125. The zero-order valence-electron chi connectivity index (χ0n) is 11.6. The summed E-state index contributed by atoms with van der Waals surface area (Å²) < 4.78 is 28.6. The third kappa shape index (κ3) is 4.77. The quantitative estimate of drug-likeness (QED) is 0.809. The van der Waals surface area contributed by atoms with Crippen molar-refractivity contribution in [3.05, 3.63) is 29.8 Å². The molecule has 0 aliphatic carbocycles. The molecule has 0 aromatic heterocycles. The van der Waals surface area contributed by atoms with Crippen LogP contribution < -0.4 is 15.8 Å². The zero-order chi connectivity index (χ0) is 15.1. The lowest BCUT2D eigenvalue weighted by Crippen LogP contribution is -2.36. The van der Waals surface area contributed by atoms with E-state index in [-0.39, 0.29) is 30.2 Å². The van der Waals surface area contributed by atoms with E-state index in [0.29, 0.717) is 12.0 Å². The van der Waals surface area contributed by atoms with Gasteiger partial charge in [-0.2, -0.15) is 8.78 Å². The minimum Gasteiger partial charge on any atom is -0.435 e. The third-order valence-corrected chi connectivity index (χ3v) is 3.09. The Morgan fingerprint density at radius 2 is 2.15 bits per heavy atom. The molecule has 0 fully saturated rings. The maximum atomic E-state index is 12.2. The average Bonchev–Trinajstić information content (AvgIpc) is 2.39. The molecule has 3 N–H and O–H groups in total. The number of halogens is 2. The molecule has 0 saturated carbocycles. The third-order valence-electron chi connectivity index (χ3n) is 3.09. The van der Waals surface area contributed by atoms with Crippen molar-refractivity contribution < 1.29 is 18.3 Å². The molecule has 0 heterocycles. The molecule has 0 spiro atoms. The minimum absolute atomic E-state index is 0.0736. The van der Waals surface area contributed by atoms with Gasteiger partial charge in [0.05, 0.1) is 6.04 Å². The Labute approximate surface area is 117 Å². The van der Waals surface area contributed by atoms with Crippen LogP contribution in [0.3, 0.4) is 0 Å². The molecular formula is C14H20F2N2O2. The summed E-state index contributed by atoms with van der Waals surface area (Å²) >= 11 is 0. The minimum atomic E-state index is -2.86. The summed E-state index contributed by atoms with van der Waals surface area (Å²) in [5.41, 5.74) is 6.21. The van der Waals surface area contributed by atoms with Gasteiger partial charge in [-0.15, -0.1) is 0 Å². The zero-order valence-corrected chi connectivity index (χ0v) is 11.6. The van der Waals surface area contributed by atoms with Gasteiger partial charge in [-0.25, -0.2) is 0 Å². The number of carbonyl (C=O) groups excluding carboxylic acids is 1. The molecule has 0 aliphatic heterocycles. The maximum Gasteiger partial charge on any atom is 0.387 e. The van der Waals surface area contributed by atoms with Gasteiger partial charge >= 0.3 is 6.61 Å². The number of nitrogens with one attached hydrogen (secondary N) is 1. The highest BCUT2D eigenvalue weighted by atomic mass is 19.3. The molecule has 0 saturated heterocycles. The summed E-state index contributed by atoms with van der Waals surface area (Å²) in [5, 5.41) is 2.82. The van der Waals surface area contributed by atoms with E-state index >= 15 is 0 Å². The fourth-order valence-corrected chi connectivity index (χ4v) is 1.83.